The van der Waals surface area contributed by atoms with Crippen molar-refractivity contribution in [2.75, 3.05) is 5.32 Å². The van der Waals surface area contributed by atoms with Crippen molar-refractivity contribution in [3.8, 4) is 5.75 Å². The van der Waals surface area contributed by atoms with Gasteiger partial charge in [0, 0.05) is 18.5 Å². The number of rotatable bonds is 3. The van der Waals surface area contributed by atoms with Crippen LogP contribution in [0.25, 0.3) is 0 Å². The molecule has 0 atom stereocenters. The van der Waals surface area contributed by atoms with E-state index in [0.717, 1.165) is 0 Å². The molecule has 6 nitrogen and oxygen atoms in total. The Morgan fingerprint density at radius 2 is 2.17 bits per heavy atom. The molecule has 0 aliphatic carbocycles. The Hall–Kier alpha value is -2.63. The highest BCUT2D eigenvalue weighted by molar-refractivity contribution is 5.90. The number of aromatic nitrogens is 2. The van der Waals surface area contributed by atoms with Gasteiger partial charge in [-0.25, -0.2) is 4.98 Å². The summed E-state index contributed by atoms with van der Waals surface area (Å²) < 4.78 is 1.26. The molecule has 6 heteroatoms. The van der Waals surface area contributed by atoms with E-state index in [0.29, 0.717) is 0 Å². The minimum Gasteiger partial charge on any atom is -0.504 e. The summed E-state index contributed by atoms with van der Waals surface area (Å²) in [4.78, 5) is 26.9. The first-order chi connectivity index (χ1) is 8.66. The van der Waals surface area contributed by atoms with Gasteiger partial charge >= 0.3 is 0 Å². The number of pyridine rings is 2. The van der Waals surface area contributed by atoms with Gasteiger partial charge in [0.2, 0.25) is 5.91 Å². The van der Waals surface area contributed by atoms with E-state index in [1.807, 2.05) is 0 Å². The van der Waals surface area contributed by atoms with Crippen LogP contribution in [-0.2, 0) is 11.3 Å². The maximum Gasteiger partial charge on any atom is 0.250 e. The van der Waals surface area contributed by atoms with Crippen LogP contribution in [0.1, 0.15) is 0 Å². The molecule has 2 N–H and O–H groups in total. The monoisotopic (exact) mass is 245 g/mol. The van der Waals surface area contributed by atoms with Gasteiger partial charge in [0.05, 0.1) is 0 Å². The third-order valence-electron chi connectivity index (χ3n) is 2.26. The Morgan fingerprint density at radius 3 is 2.89 bits per heavy atom. The fourth-order valence-electron chi connectivity index (χ4n) is 1.41. The van der Waals surface area contributed by atoms with Crippen molar-refractivity contribution in [1.82, 2.24) is 9.55 Å². The summed E-state index contributed by atoms with van der Waals surface area (Å²) in [6, 6.07) is 7.59. The molecule has 2 rings (SSSR count). The first-order valence-corrected chi connectivity index (χ1v) is 5.26. The molecule has 0 spiro atoms. The highest BCUT2D eigenvalue weighted by Crippen LogP contribution is 2.17. The van der Waals surface area contributed by atoms with Gasteiger partial charge in [-0.3, -0.25) is 9.59 Å². The normalized spacial score (nSPS) is 10.0. The van der Waals surface area contributed by atoms with Crippen molar-refractivity contribution in [2.45, 2.75) is 6.54 Å². The minimum atomic E-state index is -0.433. The lowest BCUT2D eigenvalue weighted by molar-refractivity contribution is -0.116. The Kier molecular flexibility index (Phi) is 3.38. The van der Waals surface area contributed by atoms with Crippen molar-refractivity contribution in [1.29, 1.82) is 0 Å². The van der Waals surface area contributed by atoms with Crippen molar-refractivity contribution in [3.63, 3.8) is 0 Å². The molecular formula is C12H11N3O3. The van der Waals surface area contributed by atoms with E-state index in [2.05, 4.69) is 10.3 Å². The fraction of sp³-hybridized carbons (Fsp3) is 0.0833. The molecule has 0 bridgehead atoms. The Bertz CT molecular complexity index is 622. The van der Waals surface area contributed by atoms with E-state index in [1.165, 1.54) is 29.1 Å². The molecule has 0 saturated heterocycles. The molecule has 2 aromatic rings. The third-order valence-corrected chi connectivity index (χ3v) is 2.26. The Labute approximate surface area is 103 Å². The zero-order valence-electron chi connectivity index (χ0n) is 9.41. The van der Waals surface area contributed by atoms with Crippen molar-refractivity contribution >= 4 is 11.7 Å². The summed E-state index contributed by atoms with van der Waals surface area (Å²) in [5.74, 6) is -0.477. The summed E-state index contributed by atoms with van der Waals surface area (Å²) in [7, 11) is 0. The van der Waals surface area contributed by atoms with E-state index < -0.39 is 5.91 Å². The standard InChI is InChI=1S/C12H11N3O3/c16-9-4-3-6-13-12(9)14-10(17)8-15-7-2-1-5-11(15)18/h1-7,16H,8H2,(H,13,14,17). The molecule has 0 aromatic carbocycles. The van der Waals surface area contributed by atoms with Crippen molar-refractivity contribution < 1.29 is 9.90 Å². The largest absolute Gasteiger partial charge is 0.504 e. The van der Waals surface area contributed by atoms with Gasteiger partial charge in [0.25, 0.3) is 5.56 Å². The lowest BCUT2D eigenvalue weighted by atomic mass is 10.4. The first-order valence-electron chi connectivity index (χ1n) is 5.26. The van der Waals surface area contributed by atoms with Crippen LogP contribution in [0.4, 0.5) is 5.82 Å². The van der Waals surface area contributed by atoms with Gasteiger partial charge in [-0.05, 0) is 18.2 Å². The topological polar surface area (TPSA) is 84.2 Å². The third kappa shape index (κ3) is 2.73. The zero-order valence-corrected chi connectivity index (χ0v) is 9.41. The number of amides is 1. The molecule has 2 heterocycles. The van der Waals surface area contributed by atoms with Gasteiger partial charge in [-0.2, -0.15) is 0 Å². The van der Waals surface area contributed by atoms with Gasteiger partial charge in [0.15, 0.2) is 11.6 Å². The second-order valence-corrected chi connectivity index (χ2v) is 3.59. The maximum atomic E-state index is 11.7. The molecule has 2 aromatic heterocycles. The molecular weight excluding hydrogens is 234 g/mol. The lowest BCUT2D eigenvalue weighted by Crippen LogP contribution is -2.26. The summed E-state index contributed by atoms with van der Waals surface area (Å²) >= 11 is 0. The van der Waals surface area contributed by atoms with Crippen LogP contribution in [0.2, 0.25) is 0 Å². The van der Waals surface area contributed by atoms with E-state index in [9.17, 15) is 14.7 Å². The van der Waals surface area contributed by atoms with Crippen LogP contribution < -0.4 is 10.9 Å². The fourth-order valence-corrected chi connectivity index (χ4v) is 1.41. The van der Waals surface area contributed by atoms with E-state index in [-0.39, 0.29) is 23.7 Å². The highest BCUT2D eigenvalue weighted by Gasteiger charge is 2.07. The molecule has 0 aliphatic rings. The number of hydrogen-bond acceptors (Lipinski definition) is 4. The number of carbonyl (C=O) groups is 1. The Balaban J connectivity index is 2.09. The Morgan fingerprint density at radius 1 is 1.33 bits per heavy atom. The van der Waals surface area contributed by atoms with Crippen LogP contribution in [0.3, 0.4) is 0 Å². The number of anilines is 1. The SMILES string of the molecule is O=C(Cn1ccccc1=O)Nc1ncccc1O. The van der Waals surface area contributed by atoms with Gasteiger partial charge in [-0.15, -0.1) is 0 Å². The molecule has 0 radical (unpaired) electrons. The lowest BCUT2D eigenvalue weighted by Gasteiger charge is -2.07. The number of nitrogens with zero attached hydrogens (tertiary/aromatic N) is 2. The minimum absolute atomic E-state index is 0.0754. The summed E-state index contributed by atoms with van der Waals surface area (Å²) in [6.45, 7) is -0.129. The summed E-state index contributed by atoms with van der Waals surface area (Å²) in [5, 5.41) is 11.9. The predicted octanol–water partition coefficient (Wildman–Crippen LogP) is 0.588. The van der Waals surface area contributed by atoms with Crippen LogP contribution >= 0.6 is 0 Å². The van der Waals surface area contributed by atoms with E-state index in [1.54, 1.807) is 18.2 Å². The highest BCUT2D eigenvalue weighted by atomic mass is 16.3. The van der Waals surface area contributed by atoms with E-state index >= 15 is 0 Å². The summed E-state index contributed by atoms with van der Waals surface area (Å²) in [5.41, 5.74) is -0.266. The average molecular weight is 245 g/mol. The molecule has 0 unspecified atom stereocenters. The van der Waals surface area contributed by atoms with E-state index in [4.69, 9.17) is 0 Å². The molecule has 18 heavy (non-hydrogen) atoms. The molecule has 92 valence electrons. The second-order valence-electron chi connectivity index (χ2n) is 3.59. The maximum absolute atomic E-state index is 11.7. The quantitative estimate of drug-likeness (QED) is 0.828. The first kappa shape index (κ1) is 11.8. The number of nitrogens with one attached hydrogen (secondary N) is 1. The van der Waals surface area contributed by atoms with Gasteiger partial charge in [0.1, 0.15) is 6.54 Å². The van der Waals surface area contributed by atoms with Crippen molar-refractivity contribution in [2.24, 2.45) is 0 Å². The second kappa shape index (κ2) is 5.13. The van der Waals surface area contributed by atoms with Gasteiger partial charge in [-0.1, -0.05) is 6.07 Å². The van der Waals surface area contributed by atoms with Crippen LogP contribution in [-0.4, -0.2) is 20.6 Å². The summed E-state index contributed by atoms with van der Waals surface area (Å²) in [6.07, 6.45) is 2.96. The zero-order chi connectivity index (χ0) is 13.0. The van der Waals surface area contributed by atoms with Gasteiger partial charge < -0.3 is 15.0 Å². The molecule has 0 saturated carbocycles. The predicted molar refractivity (Wildman–Crippen MR) is 65.2 cm³/mol. The average Bonchev–Trinajstić information content (AvgIpc) is 2.35. The number of carbonyl (C=O) groups excluding carboxylic acids is 1. The van der Waals surface area contributed by atoms with Crippen LogP contribution in [0, 0.1) is 0 Å². The molecule has 0 aliphatic heterocycles. The van der Waals surface area contributed by atoms with Crippen LogP contribution in [0.5, 0.6) is 5.75 Å². The van der Waals surface area contributed by atoms with Crippen LogP contribution in [0.15, 0.2) is 47.5 Å². The van der Waals surface area contributed by atoms with Crippen molar-refractivity contribution in [3.05, 3.63) is 53.1 Å². The molecule has 0 fully saturated rings. The molecule has 1 amide bonds. The number of aromatic hydroxyl groups is 1. The smallest absolute Gasteiger partial charge is 0.250 e. The number of hydrogen-bond donors (Lipinski definition) is 2.